The standard InChI is InChI=1S/C25H21N3/c1-2-18-8-7-10-20(16-18)25(24-26-17-27-28-24)15-14-19-9-3-4-11-21(19)22-12-5-6-13-23(22)25/h3-17H,2H2,1H3,(H,26,27,28). The minimum Gasteiger partial charge on any atom is -0.330 e. The molecule has 0 fully saturated rings. The zero-order chi connectivity index (χ0) is 19.0. The minimum absolute atomic E-state index is 0.530. The van der Waals surface area contributed by atoms with Crippen molar-refractivity contribution < 1.29 is 0 Å². The van der Waals surface area contributed by atoms with Crippen LogP contribution in [0.2, 0.25) is 0 Å². The van der Waals surface area contributed by atoms with Crippen molar-refractivity contribution in [3.63, 3.8) is 0 Å². The predicted octanol–water partition coefficient (Wildman–Crippen LogP) is 5.40. The third kappa shape index (κ3) is 2.43. The molecule has 5 rings (SSSR count). The van der Waals surface area contributed by atoms with Crippen LogP contribution in [0.3, 0.4) is 0 Å². The van der Waals surface area contributed by atoms with Crippen molar-refractivity contribution in [3.05, 3.63) is 113 Å². The minimum atomic E-state index is -0.530. The van der Waals surface area contributed by atoms with Crippen LogP contribution in [-0.4, -0.2) is 15.2 Å². The van der Waals surface area contributed by atoms with Gasteiger partial charge in [0.15, 0.2) is 0 Å². The maximum Gasteiger partial charge on any atom is 0.149 e. The van der Waals surface area contributed by atoms with E-state index in [2.05, 4.69) is 107 Å². The quantitative estimate of drug-likeness (QED) is 0.530. The number of nitrogens with one attached hydrogen (secondary N) is 1. The van der Waals surface area contributed by atoms with Gasteiger partial charge in [0.25, 0.3) is 0 Å². The van der Waals surface area contributed by atoms with E-state index in [1.165, 1.54) is 33.4 Å². The molecule has 0 saturated heterocycles. The van der Waals surface area contributed by atoms with E-state index in [0.29, 0.717) is 0 Å². The van der Waals surface area contributed by atoms with Gasteiger partial charge in [-0.25, -0.2) is 0 Å². The monoisotopic (exact) mass is 363 g/mol. The van der Waals surface area contributed by atoms with E-state index in [1.54, 1.807) is 6.33 Å². The Morgan fingerprint density at radius 2 is 1.71 bits per heavy atom. The number of aryl methyl sites for hydroxylation is 1. The molecule has 1 heterocycles. The molecule has 1 atom stereocenters. The number of rotatable bonds is 3. The van der Waals surface area contributed by atoms with Crippen molar-refractivity contribution in [1.29, 1.82) is 0 Å². The van der Waals surface area contributed by atoms with Gasteiger partial charge in [0.1, 0.15) is 12.2 Å². The van der Waals surface area contributed by atoms with Crippen LogP contribution in [0.5, 0.6) is 0 Å². The Balaban J connectivity index is 1.90. The molecular weight excluding hydrogens is 342 g/mol. The Labute approximate surface area is 164 Å². The van der Waals surface area contributed by atoms with Crippen molar-refractivity contribution in [2.75, 3.05) is 0 Å². The number of aromatic nitrogens is 3. The van der Waals surface area contributed by atoms with Gasteiger partial charge in [-0.1, -0.05) is 91.9 Å². The molecule has 0 amide bonds. The van der Waals surface area contributed by atoms with Crippen LogP contribution in [0.1, 0.15) is 35.0 Å². The lowest BCUT2D eigenvalue weighted by molar-refractivity contribution is 0.714. The van der Waals surface area contributed by atoms with Crippen molar-refractivity contribution in [2.24, 2.45) is 0 Å². The van der Waals surface area contributed by atoms with E-state index in [4.69, 9.17) is 0 Å². The summed E-state index contributed by atoms with van der Waals surface area (Å²) < 4.78 is 0. The lowest BCUT2D eigenvalue weighted by Gasteiger charge is -2.31. The molecule has 0 radical (unpaired) electrons. The van der Waals surface area contributed by atoms with E-state index < -0.39 is 5.41 Å². The predicted molar refractivity (Wildman–Crippen MR) is 113 cm³/mol. The van der Waals surface area contributed by atoms with Gasteiger partial charge in [-0.15, -0.1) is 10.2 Å². The van der Waals surface area contributed by atoms with E-state index in [-0.39, 0.29) is 0 Å². The van der Waals surface area contributed by atoms with Gasteiger partial charge in [-0.2, -0.15) is 0 Å². The lowest BCUT2D eigenvalue weighted by atomic mass is 9.71. The first kappa shape index (κ1) is 16.7. The van der Waals surface area contributed by atoms with E-state index in [0.717, 1.165) is 12.2 Å². The van der Waals surface area contributed by atoms with Gasteiger partial charge in [0.05, 0.1) is 5.41 Å². The maximum atomic E-state index is 4.49. The number of aromatic amines is 1. The van der Waals surface area contributed by atoms with Crippen LogP contribution in [0.25, 0.3) is 17.2 Å². The second kappa shape index (κ2) is 6.61. The first-order valence-electron chi connectivity index (χ1n) is 9.67. The van der Waals surface area contributed by atoms with Gasteiger partial charge in [-0.3, -0.25) is 0 Å². The summed E-state index contributed by atoms with van der Waals surface area (Å²) >= 11 is 0. The number of nitrogens with zero attached hydrogens (tertiary/aromatic N) is 2. The molecule has 136 valence electrons. The first-order valence-corrected chi connectivity index (χ1v) is 9.67. The van der Waals surface area contributed by atoms with Gasteiger partial charge < -0.3 is 4.98 Å². The summed E-state index contributed by atoms with van der Waals surface area (Å²) in [4.78, 5) is 3.31. The Morgan fingerprint density at radius 3 is 2.54 bits per heavy atom. The molecule has 4 aromatic rings. The highest BCUT2D eigenvalue weighted by Crippen LogP contribution is 2.46. The third-order valence-corrected chi connectivity index (χ3v) is 5.70. The van der Waals surface area contributed by atoms with Crippen LogP contribution < -0.4 is 0 Å². The van der Waals surface area contributed by atoms with E-state index >= 15 is 0 Å². The van der Waals surface area contributed by atoms with Crippen molar-refractivity contribution in [3.8, 4) is 11.1 Å². The van der Waals surface area contributed by atoms with Crippen LogP contribution in [-0.2, 0) is 11.8 Å². The summed E-state index contributed by atoms with van der Waals surface area (Å²) in [7, 11) is 0. The normalized spacial score (nSPS) is 17.6. The molecule has 3 aromatic carbocycles. The largest absolute Gasteiger partial charge is 0.330 e. The van der Waals surface area contributed by atoms with Gasteiger partial charge in [0.2, 0.25) is 0 Å². The van der Waals surface area contributed by atoms with Crippen molar-refractivity contribution in [1.82, 2.24) is 15.2 Å². The molecule has 0 saturated carbocycles. The summed E-state index contributed by atoms with van der Waals surface area (Å²) in [6.45, 7) is 2.19. The molecular formula is C25H21N3. The molecule has 1 aromatic heterocycles. The molecule has 3 nitrogen and oxygen atoms in total. The molecule has 0 bridgehead atoms. The smallest absolute Gasteiger partial charge is 0.149 e. The van der Waals surface area contributed by atoms with Crippen molar-refractivity contribution >= 4 is 6.08 Å². The number of hydrogen-bond donors (Lipinski definition) is 1. The molecule has 0 spiro atoms. The number of benzene rings is 3. The molecule has 0 aliphatic heterocycles. The van der Waals surface area contributed by atoms with E-state index in [9.17, 15) is 0 Å². The second-order valence-electron chi connectivity index (χ2n) is 7.17. The third-order valence-electron chi connectivity index (χ3n) is 5.70. The molecule has 1 unspecified atom stereocenters. The summed E-state index contributed by atoms with van der Waals surface area (Å²) in [6.07, 6.45) is 7.14. The topological polar surface area (TPSA) is 41.6 Å². The van der Waals surface area contributed by atoms with Crippen LogP contribution in [0.15, 0.2) is 85.2 Å². The fraction of sp³-hybridized carbons (Fsp3) is 0.120. The zero-order valence-electron chi connectivity index (χ0n) is 15.8. The number of fused-ring (bicyclic) bond motifs is 3. The molecule has 1 aliphatic carbocycles. The van der Waals surface area contributed by atoms with E-state index in [1.807, 2.05) is 0 Å². The molecule has 3 heteroatoms. The molecule has 1 aliphatic rings. The Hall–Kier alpha value is -3.46. The average Bonchev–Trinajstić information content (AvgIpc) is 3.26. The fourth-order valence-electron chi connectivity index (χ4n) is 4.28. The SMILES string of the molecule is CCc1cccc(C2(c3nnc[nH]3)C=Cc3ccccc3-c3ccccc32)c1. The highest BCUT2D eigenvalue weighted by molar-refractivity contribution is 5.83. The summed E-state index contributed by atoms with van der Waals surface area (Å²) in [6, 6.07) is 26.0. The maximum absolute atomic E-state index is 4.49. The van der Waals surface area contributed by atoms with Gasteiger partial charge in [-0.05, 0) is 39.8 Å². The lowest BCUT2D eigenvalue weighted by Crippen LogP contribution is -2.29. The zero-order valence-corrected chi connectivity index (χ0v) is 15.8. The van der Waals surface area contributed by atoms with Gasteiger partial charge >= 0.3 is 0 Å². The molecule has 1 N–H and O–H groups in total. The summed E-state index contributed by atoms with van der Waals surface area (Å²) in [5.41, 5.74) is 6.86. The average molecular weight is 363 g/mol. The molecule has 28 heavy (non-hydrogen) atoms. The second-order valence-corrected chi connectivity index (χ2v) is 7.17. The number of hydrogen-bond acceptors (Lipinski definition) is 2. The summed E-state index contributed by atoms with van der Waals surface area (Å²) in [5.74, 6) is 0.831. The van der Waals surface area contributed by atoms with Gasteiger partial charge in [0, 0.05) is 0 Å². The van der Waals surface area contributed by atoms with Crippen LogP contribution in [0.4, 0.5) is 0 Å². The van der Waals surface area contributed by atoms with Crippen molar-refractivity contribution in [2.45, 2.75) is 18.8 Å². The van der Waals surface area contributed by atoms with Crippen LogP contribution in [0, 0.1) is 0 Å². The number of allylic oxidation sites excluding steroid dienone is 1. The Kier molecular flexibility index (Phi) is 3.94. The van der Waals surface area contributed by atoms with Crippen LogP contribution >= 0.6 is 0 Å². The first-order chi connectivity index (χ1) is 13.8. The highest BCUT2D eigenvalue weighted by atomic mass is 15.2. The summed E-state index contributed by atoms with van der Waals surface area (Å²) in [5, 5.41) is 8.61. The highest BCUT2D eigenvalue weighted by Gasteiger charge is 2.40. The Morgan fingerprint density at radius 1 is 0.893 bits per heavy atom. The fourth-order valence-corrected chi connectivity index (χ4v) is 4.28. The number of H-pyrrole nitrogens is 1. The Bertz CT molecular complexity index is 1160.